The van der Waals surface area contributed by atoms with E-state index in [9.17, 15) is 0 Å². The Bertz CT molecular complexity index is 976. The third kappa shape index (κ3) is 2.68. The maximum Gasteiger partial charge on any atom is 0.270 e. The number of rotatable bonds is 3. The molecule has 2 aromatic heterocycles. The fraction of sp³-hybridized carbons (Fsp3) is 0.0588. The van der Waals surface area contributed by atoms with Crippen LogP contribution >= 0.6 is 11.6 Å². The maximum absolute atomic E-state index is 5.89. The second-order valence-electron chi connectivity index (χ2n) is 5.18. The van der Waals surface area contributed by atoms with Gasteiger partial charge in [0.2, 0.25) is 5.89 Å². The molecule has 24 heavy (non-hydrogen) atoms. The Hall–Kier alpha value is -2.99. The van der Waals surface area contributed by atoms with E-state index < -0.39 is 0 Å². The fourth-order valence-corrected chi connectivity index (χ4v) is 2.41. The number of para-hydroxylation sites is 1. The molecule has 0 radical (unpaired) electrons. The third-order valence-electron chi connectivity index (χ3n) is 3.49. The third-order valence-corrected chi connectivity index (χ3v) is 3.74. The van der Waals surface area contributed by atoms with Crippen LogP contribution < -0.4 is 0 Å². The first-order chi connectivity index (χ1) is 11.7. The van der Waals surface area contributed by atoms with E-state index in [0.29, 0.717) is 28.2 Å². The summed E-state index contributed by atoms with van der Waals surface area (Å²) in [4.78, 5) is 1.55. The van der Waals surface area contributed by atoms with Crippen LogP contribution in [0.5, 0.6) is 0 Å². The number of aromatic nitrogens is 5. The molecule has 0 spiro atoms. The van der Waals surface area contributed by atoms with Gasteiger partial charge >= 0.3 is 0 Å². The van der Waals surface area contributed by atoms with Crippen molar-refractivity contribution >= 4 is 11.6 Å². The summed E-state index contributed by atoms with van der Waals surface area (Å²) >= 11 is 5.89. The Morgan fingerprint density at radius 2 is 1.58 bits per heavy atom. The van der Waals surface area contributed by atoms with Gasteiger partial charge in [-0.2, -0.15) is 9.90 Å². The lowest BCUT2D eigenvalue weighted by atomic mass is 10.2. The van der Waals surface area contributed by atoms with Crippen molar-refractivity contribution in [2.24, 2.45) is 0 Å². The van der Waals surface area contributed by atoms with Gasteiger partial charge in [0, 0.05) is 10.6 Å². The monoisotopic (exact) mass is 337 g/mol. The van der Waals surface area contributed by atoms with Gasteiger partial charge in [0.25, 0.3) is 5.89 Å². The van der Waals surface area contributed by atoms with E-state index in [2.05, 4.69) is 20.4 Å². The highest BCUT2D eigenvalue weighted by Gasteiger charge is 2.17. The summed E-state index contributed by atoms with van der Waals surface area (Å²) < 4.78 is 5.74. The molecule has 2 heterocycles. The van der Waals surface area contributed by atoms with E-state index in [0.717, 1.165) is 11.3 Å². The molecule has 0 unspecified atom stereocenters. The lowest BCUT2D eigenvalue weighted by molar-refractivity contribution is 0.580. The van der Waals surface area contributed by atoms with Gasteiger partial charge in [0.1, 0.15) is 0 Å². The van der Waals surface area contributed by atoms with E-state index in [1.165, 1.54) is 0 Å². The highest BCUT2D eigenvalue weighted by atomic mass is 35.5. The first-order valence-electron chi connectivity index (χ1n) is 7.30. The molecule has 118 valence electrons. The first-order valence-corrected chi connectivity index (χ1v) is 7.68. The second kappa shape index (κ2) is 5.90. The molecule has 0 bridgehead atoms. The van der Waals surface area contributed by atoms with E-state index in [4.69, 9.17) is 16.0 Å². The van der Waals surface area contributed by atoms with Crippen LogP contribution in [-0.2, 0) is 0 Å². The van der Waals surface area contributed by atoms with E-state index in [-0.39, 0.29) is 0 Å². The quantitative estimate of drug-likeness (QED) is 0.566. The predicted octanol–water partition coefficient (Wildman–Crippen LogP) is 3.95. The summed E-state index contributed by atoms with van der Waals surface area (Å²) in [7, 11) is 0. The van der Waals surface area contributed by atoms with Crippen molar-refractivity contribution in [2.45, 2.75) is 6.92 Å². The smallest absolute Gasteiger partial charge is 0.270 e. The minimum atomic E-state index is 0.333. The van der Waals surface area contributed by atoms with Gasteiger partial charge in [-0.15, -0.1) is 15.3 Å². The van der Waals surface area contributed by atoms with Crippen LogP contribution in [-0.4, -0.2) is 25.2 Å². The molecule has 7 heteroatoms. The zero-order valence-electron chi connectivity index (χ0n) is 12.7. The average molecular weight is 338 g/mol. The van der Waals surface area contributed by atoms with Gasteiger partial charge in [-0.1, -0.05) is 29.8 Å². The molecule has 6 nitrogen and oxygen atoms in total. The van der Waals surface area contributed by atoms with Crippen LogP contribution in [0.25, 0.3) is 28.7 Å². The lowest BCUT2D eigenvalue weighted by Gasteiger charge is -1.96. The Morgan fingerprint density at radius 3 is 2.33 bits per heavy atom. The van der Waals surface area contributed by atoms with Crippen molar-refractivity contribution in [2.75, 3.05) is 0 Å². The summed E-state index contributed by atoms with van der Waals surface area (Å²) in [6, 6.07) is 16.9. The lowest BCUT2D eigenvalue weighted by Crippen LogP contribution is -1.98. The molecule has 4 rings (SSSR count). The molecular formula is C17H12ClN5O. The molecule has 0 saturated carbocycles. The molecule has 2 aromatic carbocycles. The maximum atomic E-state index is 5.89. The molecule has 0 saturated heterocycles. The second-order valence-corrected chi connectivity index (χ2v) is 5.61. The Morgan fingerprint density at radius 1 is 0.875 bits per heavy atom. The molecule has 0 N–H and O–H groups in total. The van der Waals surface area contributed by atoms with Crippen molar-refractivity contribution in [1.29, 1.82) is 0 Å². The van der Waals surface area contributed by atoms with Gasteiger partial charge in [0.15, 0.2) is 5.69 Å². The minimum absolute atomic E-state index is 0.333. The minimum Gasteiger partial charge on any atom is -0.414 e. The van der Waals surface area contributed by atoms with Crippen molar-refractivity contribution in [1.82, 2.24) is 25.2 Å². The van der Waals surface area contributed by atoms with Crippen LogP contribution in [0.1, 0.15) is 5.69 Å². The van der Waals surface area contributed by atoms with Gasteiger partial charge in [0.05, 0.1) is 11.4 Å². The summed E-state index contributed by atoms with van der Waals surface area (Å²) in [5.74, 6) is 0.745. The van der Waals surface area contributed by atoms with Crippen LogP contribution in [0.3, 0.4) is 0 Å². The largest absolute Gasteiger partial charge is 0.414 e. The highest BCUT2D eigenvalue weighted by Crippen LogP contribution is 2.25. The first kappa shape index (κ1) is 14.6. The van der Waals surface area contributed by atoms with E-state index in [1.807, 2.05) is 49.4 Å². The molecule has 0 aliphatic carbocycles. The topological polar surface area (TPSA) is 69.6 Å². The molecule has 4 aromatic rings. The van der Waals surface area contributed by atoms with Crippen molar-refractivity contribution in [3.63, 3.8) is 0 Å². The van der Waals surface area contributed by atoms with Crippen molar-refractivity contribution in [3.8, 4) is 28.7 Å². The van der Waals surface area contributed by atoms with Gasteiger partial charge in [-0.05, 0) is 43.3 Å². The number of hydrogen-bond acceptors (Lipinski definition) is 5. The Balaban J connectivity index is 1.70. The predicted molar refractivity (Wildman–Crippen MR) is 89.8 cm³/mol. The molecule has 0 aliphatic rings. The SMILES string of the molecule is Cc1nn(-c2ccccc2)nc1-c1nnc(-c2ccc(Cl)cc2)o1. The normalized spacial score (nSPS) is 10.9. The molecule has 0 fully saturated rings. The standard InChI is InChI=1S/C17H12ClN5O/c1-11-15(22-23(21-11)14-5-3-2-4-6-14)17-20-19-16(24-17)12-7-9-13(18)10-8-12/h2-10H,1H3. The van der Waals surface area contributed by atoms with E-state index >= 15 is 0 Å². The molecule has 0 amide bonds. The number of aryl methyl sites for hydroxylation is 1. The number of nitrogens with zero attached hydrogens (tertiary/aromatic N) is 5. The number of hydrogen-bond donors (Lipinski definition) is 0. The van der Waals surface area contributed by atoms with Gasteiger partial charge in [-0.3, -0.25) is 0 Å². The molecule has 0 atom stereocenters. The summed E-state index contributed by atoms with van der Waals surface area (Å²) in [5.41, 5.74) is 2.94. The van der Waals surface area contributed by atoms with Crippen LogP contribution in [0.4, 0.5) is 0 Å². The summed E-state index contributed by atoms with van der Waals surface area (Å²) in [5, 5.41) is 17.7. The van der Waals surface area contributed by atoms with Gasteiger partial charge < -0.3 is 4.42 Å². The van der Waals surface area contributed by atoms with E-state index in [1.54, 1.807) is 16.9 Å². The molecular weight excluding hydrogens is 326 g/mol. The average Bonchev–Trinajstić information content (AvgIpc) is 3.23. The zero-order valence-corrected chi connectivity index (χ0v) is 13.5. The number of halogens is 1. The number of benzene rings is 2. The Labute approximate surface area is 142 Å². The van der Waals surface area contributed by atoms with Crippen LogP contribution in [0, 0.1) is 6.92 Å². The van der Waals surface area contributed by atoms with Crippen molar-refractivity contribution in [3.05, 3.63) is 65.3 Å². The molecule has 0 aliphatic heterocycles. The summed E-state index contributed by atoms with van der Waals surface area (Å²) in [6.07, 6.45) is 0. The fourth-order valence-electron chi connectivity index (χ4n) is 2.28. The zero-order chi connectivity index (χ0) is 16.5. The highest BCUT2D eigenvalue weighted by molar-refractivity contribution is 6.30. The van der Waals surface area contributed by atoms with Crippen LogP contribution in [0.15, 0.2) is 59.0 Å². The summed E-state index contributed by atoms with van der Waals surface area (Å²) in [6.45, 7) is 1.86. The Kier molecular flexibility index (Phi) is 3.59. The van der Waals surface area contributed by atoms with Gasteiger partial charge in [-0.25, -0.2) is 0 Å². The van der Waals surface area contributed by atoms with Crippen LogP contribution in [0.2, 0.25) is 5.02 Å². The van der Waals surface area contributed by atoms with Crippen molar-refractivity contribution < 1.29 is 4.42 Å².